The van der Waals surface area contributed by atoms with Crippen molar-refractivity contribution in [2.45, 2.75) is 40.2 Å². The molecule has 0 spiro atoms. The third-order valence-corrected chi connectivity index (χ3v) is 4.98. The zero-order valence-corrected chi connectivity index (χ0v) is 18.5. The van der Waals surface area contributed by atoms with E-state index < -0.39 is 22.8 Å². The van der Waals surface area contributed by atoms with E-state index in [0.717, 1.165) is 5.06 Å². The predicted octanol–water partition coefficient (Wildman–Crippen LogP) is 4.56. The van der Waals surface area contributed by atoms with E-state index in [2.05, 4.69) is 15.9 Å². The van der Waals surface area contributed by atoms with Gasteiger partial charge in [0.25, 0.3) is 5.91 Å². The number of benzene rings is 1. The molecule has 0 saturated heterocycles. The number of methoxy groups -OCH3 is 1. The number of rotatable bonds is 5. The Kier molecular flexibility index (Phi) is 6.41. The van der Waals surface area contributed by atoms with Crippen molar-refractivity contribution in [1.82, 2.24) is 5.06 Å². The summed E-state index contributed by atoms with van der Waals surface area (Å²) in [7, 11) is 1.45. The van der Waals surface area contributed by atoms with Gasteiger partial charge in [0, 0.05) is 22.2 Å². The zero-order chi connectivity index (χ0) is 20.6. The summed E-state index contributed by atoms with van der Waals surface area (Å²) in [4.78, 5) is 31.3. The Labute approximate surface area is 172 Å². The van der Waals surface area contributed by atoms with Crippen molar-refractivity contribution < 1.29 is 23.9 Å². The molecule has 8 heteroatoms. The first kappa shape index (κ1) is 21.9. The van der Waals surface area contributed by atoms with E-state index >= 15 is 0 Å². The van der Waals surface area contributed by atoms with Crippen LogP contribution in [0.1, 0.15) is 40.2 Å². The monoisotopic (exact) mass is 459 g/mol. The summed E-state index contributed by atoms with van der Waals surface area (Å²) < 4.78 is 11.3. The summed E-state index contributed by atoms with van der Waals surface area (Å²) >= 11 is 9.80. The molecule has 1 heterocycles. The molecule has 1 aliphatic rings. The molecule has 1 aliphatic heterocycles. The van der Waals surface area contributed by atoms with Crippen LogP contribution in [0, 0.1) is 5.41 Å². The highest BCUT2D eigenvalue weighted by Gasteiger charge is 2.51. The van der Waals surface area contributed by atoms with Gasteiger partial charge in [-0.1, -0.05) is 33.6 Å². The average Bonchev–Trinajstić information content (AvgIpc) is 2.72. The summed E-state index contributed by atoms with van der Waals surface area (Å²) in [6.07, 6.45) is 0. The number of hydroxylamine groups is 2. The van der Waals surface area contributed by atoms with E-state index in [1.54, 1.807) is 52.8 Å². The van der Waals surface area contributed by atoms with Gasteiger partial charge in [0.1, 0.15) is 11.3 Å². The highest BCUT2D eigenvalue weighted by molar-refractivity contribution is 9.10. The van der Waals surface area contributed by atoms with Crippen LogP contribution in [0.25, 0.3) is 5.57 Å². The number of carbonyl (C=O) groups excluding carboxylic acids is 2. The maximum Gasteiger partial charge on any atom is 0.316 e. The molecule has 0 unspecified atom stereocenters. The molecule has 0 radical (unpaired) electrons. The fourth-order valence-corrected chi connectivity index (χ4v) is 3.50. The number of amides is 1. The number of hydrogen-bond donors (Lipinski definition) is 0. The molecule has 148 valence electrons. The van der Waals surface area contributed by atoms with Crippen LogP contribution in [0.15, 0.2) is 28.4 Å². The van der Waals surface area contributed by atoms with Crippen LogP contribution in [-0.4, -0.2) is 36.4 Å². The molecule has 2 rings (SSSR count). The van der Waals surface area contributed by atoms with Crippen LogP contribution < -0.4 is 0 Å². The van der Waals surface area contributed by atoms with Crippen molar-refractivity contribution in [2.24, 2.45) is 5.41 Å². The van der Waals surface area contributed by atoms with Gasteiger partial charge in [-0.2, -0.15) is 0 Å². The fourth-order valence-electron chi connectivity index (χ4n) is 2.55. The molecule has 0 aromatic heterocycles. The molecule has 0 bridgehead atoms. The topological polar surface area (TPSA) is 65.1 Å². The Hall–Kier alpha value is -1.41. The quantitative estimate of drug-likeness (QED) is 0.476. The number of carbonyl (C=O) groups is 2. The SMILES string of the molecule is COCON1C(=O)C(c2c(Cl)cccc2Br)=C(OC(=O)C(C)(C)C)C1(C)C. The summed E-state index contributed by atoms with van der Waals surface area (Å²) in [6, 6.07) is 5.17. The number of ether oxygens (including phenoxy) is 2. The van der Waals surface area contributed by atoms with Crippen LogP contribution in [0.2, 0.25) is 5.02 Å². The van der Waals surface area contributed by atoms with Crippen LogP contribution in [0.5, 0.6) is 0 Å². The number of esters is 1. The van der Waals surface area contributed by atoms with Gasteiger partial charge in [-0.05, 0) is 46.8 Å². The Bertz CT molecular complexity index is 778. The molecular weight excluding hydrogens is 438 g/mol. The third kappa shape index (κ3) is 4.21. The maximum atomic E-state index is 13.2. The minimum atomic E-state index is -1.05. The molecular formula is C19H23BrClNO5. The Morgan fingerprint density at radius 3 is 2.44 bits per heavy atom. The Morgan fingerprint density at radius 2 is 1.93 bits per heavy atom. The van der Waals surface area contributed by atoms with Crippen molar-refractivity contribution in [3.05, 3.63) is 39.0 Å². The molecule has 1 aromatic carbocycles. The van der Waals surface area contributed by atoms with Gasteiger partial charge in [0.05, 0.1) is 11.0 Å². The molecule has 0 saturated carbocycles. The van der Waals surface area contributed by atoms with E-state index in [1.807, 2.05) is 0 Å². The van der Waals surface area contributed by atoms with E-state index in [1.165, 1.54) is 7.11 Å². The minimum absolute atomic E-state index is 0.132. The summed E-state index contributed by atoms with van der Waals surface area (Å²) in [5.41, 5.74) is -1.19. The van der Waals surface area contributed by atoms with Crippen LogP contribution in [0.3, 0.4) is 0 Å². The van der Waals surface area contributed by atoms with Crippen molar-refractivity contribution in [3.63, 3.8) is 0 Å². The number of hydrogen-bond acceptors (Lipinski definition) is 5. The minimum Gasteiger partial charge on any atom is -0.427 e. The van der Waals surface area contributed by atoms with Crippen LogP contribution in [0.4, 0.5) is 0 Å². The van der Waals surface area contributed by atoms with Gasteiger partial charge in [0.15, 0.2) is 6.79 Å². The van der Waals surface area contributed by atoms with E-state index in [-0.39, 0.29) is 18.1 Å². The molecule has 27 heavy (non-hydrogen) atoms. The van der Waals surface area contributed by atoms with E-state index in [4.69, 9.17) is 25.9 Å². The lowest BCUT2D eigenvalue weighted by Gasteiger charge is -2.32. The molecule has 1 aromatic rings. The average molecular weight is 461 g/mol. The second kappa shape index (κ2) is 7.91. The standard InChI is InChI=1S/C19H23BrClNO5/c1-18(2,3)17(24)27-15-14(13-11(20)8-7-9-12(13)21)16(23)22(19(15,4)5)26-10-25-6/h7-9H,10H2,1-6H3. The van der Waals surface area contributed by atoms with Crippen molar-refractivity contribution >= 4 is 45.0 Å². The first-order valence-corrected chi connectivity index (χ1v) is 9.47. The first-order chi connectivity index (χ1) is 12.4. The second-order valence-corrected chi connectivity index (χ2v) is 8.90. The normalized spacial score (nSPS) is 16.9. The second-order valence-electron chi connectivity index (χ2n) is 7.63. The largest absolute Gasteiger partial charge is 0.427 e. The Balaban J connectivity index is 2.67. The van der Waals surface area contributed by atoms with Gasteiger partial charge in [-0.3, -0.25) is 9.59 Å². The molecule has 0 fully saturated rings. The van der Waals surface area contributed by atoms with Crippen molar-refractivity contribution in [1.29, 1.82) is 0 Å². The van der Waals surface area contributed by atoms with Gasteiger partial charge >= 0.3 is 5.97 Å². The summed E-state index contributed by atoms with van der Waals surface area (Å²) in [5.74, 6) is -0.757. The lowest BCUT2D eigenvalue weighted by molar-refractivity contribution is -0.239. The van der Waals surface area contributed by atoms with Crippen LogP contribution in [-0.2, 0) is 23.9 Å². The predicted molar refractivity (Wildman–Crippen MR) is 106 cm³/mol. The number of halogens is 2. The van der Waals surface area contributed by atoms with Gasteiger partial charge in [0.2, 0.25) is 0 Å². The molecule has 0 atom stereocenters. The van der Waals surface area contributed by atoms with Gasteiger partial charge in [-0.25, -0.2) is 9.90 Å². The Morgan fingerprint density at radius 1 is 1.30 bits per heavy atom. The first-order valence-electron chi connectivity index (χ1n) is 8.30. The molecule has 0 aliphatic carbocycles. The van der Waals surface area contributed by atoms with E-state index in [0.29, 0.717) is 15.1 Å². The lowest BCUT2D eigenvalue weighted by atomic mass is 9.95. The summed E-state index contributed by atoms with van der Waals surface area (Å²) in [6.45, 7) is 8.54. The fraction of sp³-hybridized carbons (Fsp3) is 0.474. The third-order valence-electron chi connectivity index (χ3n) is 4.01. The molecule has 1 amide bonds. The van der Waals surface area contributed by atoms with Crippen molar-refractivity contribution in [3.8, 4) is 0 Å². The summed E-state index contributed by atoms with van der Waals surface area (Å²) in [5, 5.41) is 1.49. The molecule has 0 N–H and O–H groups in total. The van der Waals surface area contributed by atoms with Crippen LogP contribution >= 0.6 is 27.5 Å². The maximum absolute atomic E-state index is 13.2. The highest BCUT2D eigenvalue weighted by Crippen LogP contribution is 2.45. The number of nitrogens with zero attached hydrogens (tertiary/aromatic N) is 1. The van der Waals surface area contributed by atoms with Gasteiger partial charge < -0.3 is 9.47 Å². The zero-order valence-electron chi connectivity index (χ0n) is 16.2. The smallest absolute Gasteiger partial charge is 0.316 e. The lowest BCUT2D eigenvalue weighted by Crippen LogP contribution is -2.45. The highest BCUT2D eigenvalue weighted by atomic mass is 79.9. The van der Waals surface area contributed by atoms with Gasteiger partial charge in [-0.15, -0.1) is 0 Å². The molecule has 6 nitrogen and oxygen atoms in total. The van der Waals surface area contributed by atoms with E-state index in [9.17, 15) is 9.59 Å². The van der Waals surface area contributed by atoms with Crippen molar-refractivity contribution in [2.75, 3.05) is 13.9 Å².